The number of anilines is 2. The van der Waals surface area contributed by atoms with E-state index in [0.29, 0.717) is 0 Å². The minimum atomic E-state index is -0.612. The van der Waals surface area contributed by atoms with Crippen LogP contribution < -0.4 is 10.2 Å². The van der Waals surface area contributed by atoms with Crippen LogP contribution in [0.4, 0.5) is 11.4 Å². The maximum Gasteiger partial charge on any atom is 0.226 e. The standard InChI is InChI=1S/C17H26N2O3/c1-12(2)16(21)11-17(22)18-13-3-5-14(6-4-13)19-9-7-15(20)8-10-19/h3-6,12,15-16,20-21H,7-11H2,1-2H3,(H,18,22). The van der Waals surface area contributed by atoms with Crippen LogP contribution in [0.25, 0.3) is 0 Å². The van der Waals surface area contributed by atoms with Crippen LogP contribution in [-0.4, -0.2) is 41.4 Å². The quantitative estimate of drug-likeness (QED) is 0.778. The van der Waals surface area contributed by atoms with E-state index < -0.39 is 6.10 Å². The molecule has 1 aromatic rings. The molecule has 0 aliphatic carbocycles. The summed E-state index contributed by atoms with van der Waals surface area (Å²) in [5, 5.41) is 22.1. The zero-order chi connectivity index (χ0) is 16.1. The average Bonchev–Trinajstić information content (AvgIpc) is 2.48. The molecule has 0 aromatic heterocycles. The Morgan fingerprint density at radius 3 is 2.41 bits per heavy atom. The molecule has 5 heteroatoms. The second kappa shape index (κ2) is 7.61. The van der Waals surface area contributed by atoms with Crippen LogP contribution in [0.3, 0.4) is 0 Å². The molecular formula is C17H26N2O3. The normalized spacial score (nSPS) is 17.6. The molecule has 0 spiro atoms. The van der Waals surface area contributed by atoms with Crippen molar-refractivity contribution in [2.75, 3.05) is 23.3 Å². The number of carbonyl (C=O) groups is 1. The molecule has 0 saturated carbocycles. The van der Waals surface area contributed by atoms with Gasteiger partial charge in [0, 0.05) is 24.5 Å². The maximum absolute atomic E-state index is 11.8. The summed E-state index contributed by atoms with van der Waals surface area (Å²) in [5.41, 5.74) is 1.84. The predicted octanol–water partition coefficient (Wildman–Crippen LogP) is 1.99. The molecule has 22 heavy (non-hydrogen) atoms. The summed E-state index contributed by atoms with van der Waals surface area (Å²) in [7, 11) is 0. The lowest BCUT2D eigenvalue weighted by Gasteiger charge is -2.31. The highest BCUT2D eigenvalue weighted by atomic mass is 16.3. The monoisotopic (exact) mass is 306 g/mol. The van der Waals surface area contributed by atoms with E-state index in [0.717, 1.165) is 37.3 Å². The fourth-order valence-electron chi connectivity index (χ4n) is 2.52. The summed E-state index contributed by atoms with van der Waals surface area (Å²) >= 11 is 0. The van der Waals surface area contributed by atoms with Crippen molar-refractivity contribution in [2.45, 2.75) is 45.3 Å². The molecule has 1 saturated heterocycles. The minimum Gasteiger partial charge on any atom is -0.393 e. The van der Waals surface area contributed by atoms with Gasteiger partial charge in [0.05, 0.1) is 18.6 Å². The number of carbonyl (C=O) groups excluding carboxylic acids is 1. The van der Waals surface area contributed by atoms with Gasteiger partial charge in [-0.1, -0.05) is 13.8 Å². The number of rotatable bonds is 5. The Morgan fingerprint density at radius 2 is 1.86 bits per heavy atom. The number of hydrogen-bond acceptors (Lipinski definition) is 4. The largest absolute Gasteiger partial charge is 0.393 e. The van der Waals surface area contributed by atoms with Crippen molar-refractivity contribution in [3.05, 3.63) is 24.3 Å². The molecule has 5 nitrogen and oxygen atoms in total. The third-order valence-corrected chi connectivity index (χ3v) is 4.14. The summed E-state index contributed by atoms with van der Waals surface area (Å²) in [6, 6.07) is 7.71. The van der Waals surface area contributed by atoms with E-state index in [1.165, 1.54) is 0 Å². The van der Waals surface area contributed by atoms with Gasteiger partial charge in [-0.05, 0) is 43.0 Å². The van der Waals surface area contributed by atoms with Gasteiger partial charge in [0.2, 0.25) is 5.91 Å². The van der Waals surface area contributed by atoms with Crippen molar-refractivity contribution in [3.63, 3.8) is 0 Å². The second-order valence-electron chi connectivity index (χ2n) is 6.33. The number of amides is 1. The lowest BCUT2D eigenvalue weighted by Crippen LogP contribution is -2.35. The van der Waals surface area contributed by atoms with Gasteiger partial charge in [-0.3, -0.25) is 4.79 Å². The molecule has 1 heterocycles. The van der Waals surface area contributed by atoms with Gasteiger partial charge in [-0.2, -0.15) is 0 Å². The summed E-state index contributed by atoms with van der Waals surface area (Å²) in [4.78, 5) is 14.1. The molecule has 122 valence electrons. The molecule has 1 aliphatic heterocycles. The van der Waals surface area contributed by atoms with Crippen molar-refractivity contribution in [1.82, 2.24) is 0 Å². The van der Waals surface area contributed by atoms with Crippen molar-refractivity contribution >= 4 is 17.3 Å². The summed E-state index contributed by atoms with van der Waals surface area (Å²) in [6.45, 7) is 5.49. The number of aliphatic hydroxyl groups is 2. The van der Waals surface area contributed by atoms with Gasteiger partial charge in [0.15, 0.2) is 0 Å². The van der Waals surface area contributed by atoms with Gasteiger partial charge >= 0.3 is 0 Å². The van der Waals surface area contributed by atoms with Crippen molar-refractivity contribution in [2.24, 2.45) is 5.92 Å². The molecule has 2 rings (SSSR count). The van der Waals surface area contributed by atoms with Gasteiger partial charge in [0.25, 0.3) is 0 Å². The van der Waals surface area contributed by atoms with Crippen LogP contribution >= 0.6 is 0 Å². The number of nitrogens with zero attached hydrogens (tertiary/aromatic N) is 1. The lowest BCUT2D eigenvalue weighted by atomic mass is 10.0. The highest BCUT2D eigenvalue weighted by molar-refractivity contribution is 5.91. The van der Waals surface area contributed by atoms with E-state index in [-0.39, 0.29) is 24.3 Å². The Labute approximate surface area is 131 Å². The molecule has 1 aromatic carbocycles. The molecule has 1 unspecified atom stereocenters. The number of benzene rings is 1. The highest BCUT2D eigenvalue weighted by Gasteiger charge is 2.17. The number of aliphatic hydroxyl groups excluding tert-OH is 2. The maximum atomic E-state index is 11.8. The molecule has 1 fully saturated rings. The number of hydrogen-bond donors (Lipinski definition) is 3. The summed E-state index contributed by atoms with van der Waals surface area (Å²) in [6.07, 6.45) is 0.918. The van der Waals surface area contributed by atoms with E-state index in [1.54, 1.807) is 0 Å². The van der Waals surface area contributed by atoms with E-state index >= 15 is 0 Å². The molecule has 1 aliphatic rings. The van der Waals surface area contributed by atoms with Crippen LogP contribution in [0.15, 0.2) is 24.3 Å². The van der Waals surface area contributed by atoms with Gasteiger partial charge in [-0.15, -0.1) is 0 Å². The van der Waals surface area contributed by atoms with Crippen LogP contribution in [0.2, 0.25) is 0 Å². The molecular weight excluding hydrogens is 280 g/mol. The van der Waals surface area contributed by atoms with E-state index in [2.05, 4.69) is 10.2 Å². The smallest absolute Gasteiger partial charge is 0.226 e. The van der Waals surface area contributed by atoms with E-state index in [9.17, 15) is 15.0 Å². The fourth-order valence-corrected chi connectivity index (χ4v) is 2.52. The first-order chi connectivity index (χ1) is 10.5. The molecule has 0 bridgehead atoms. The Balaban J connectivity index is 1.88. The number of piperidine rings is 1. The van der Waals surface area contributed by atoms with Gasteiger partial charge < -0.3 is 20.4 Å². The van der Waals surface area contributed by atoms with Gasteiger partial charge in [0.1, 0.15) is 0 Å². The molecule has 1 amide bonds. The van der Waals surface area contributed by atoms with Crippen LogP contribution in [0, 0.1) is 5.92 Å². The SMILES string of the molecule is CC(C)C(O)CC(=O)Nc1ccc(N2CCC(O)CC2)cc1. The Bertz CT molecular complexity index is 479. The minimum absolute atomic E-state index is 0.0718. The third-order valence-electron chi connectivity index (χ3n) is 4.14. The van der Waals surface area contributed by atoms with Crippen LogP contribution in [0.1, 0.15) is 33.1 Å². The zero-order valence-corrected chi connectivity index (χ0v) is 13.3. The molecule has 1 atom stereocenters. The summed E-state index contributed by atoms with van der Waals surface area (Å²) < 4.78 is 0. The molecule has 3 N–H and O–H groups in total. The van der Waals surface area contributed by atoms with Crippen molar-refractivity contribution in [1.29, 1.82) is 0 Å². The van der Waals surface area contributed by atoms with Crippen LogP contribution in [0.5, 0.6) is 0 Å². The molecule has 0 radical (unpaired) electrons. The van der Waals surface area contributed by atoms with E-state index in [1.807, 2.05) is 38.1 Å². The summed E-state index contributed by atoms with van der Waals surface area (Å²) in [5.74, 6) is -0.0994. The highest BCUT2D eigenvalue weighted by Crippen LogP contribution is 2.22. The first-order valence-corrected chi connectivity index (χ1v) is 7.96. The first kappa shape index (κ1) is 16.8. The Hall–Kier alpha value is -1.59. The lowest BCUT2D eigenvalue weighted by molar-refractivity contribution is -0.118. The van der Waals surface area contributed by atoms with Crippen molar-refractivity contribution < 1.29 is 15.0 Å². The third kappa shape index (κ3) is 4.71. The zero-order valence-electron chi connectivity index (χ0n) is 13.3. The number of nitrogens with one attached hydrogen (secondary N) is 1. The van der Waals surface area contributed by atoms with Crippen LogP contribution in [-0.2, 0) is 4.79 Å². The average molecular weight is 306 g/mol. The fraction of sp³-hybridized carbons (Fsp3) is 0.588. The second-order valence-corrected chi connectivity index (χ2v) is 6.33. The van der Waals surface area contributed by atoms with Gasteiger partial charge in [-0.25, -0.2) is 0 Å². The van der Waals surface area contributed by atoms with Crippen molar-refractivity contribution in [3.8, 4) is 0 Å². The Kier molecular flexibility index (Phi) is 5.80. The first-order valence-electron chi connectivity index (χ1n) is 7.96. The van der Waals surface area contributed by atoms with E-state index in [4.69, 9.17) is 0 Å². The topological polar surface area (TPSA) is 72.8 Å². The Morgan fingerprint density at radius 1 is 1.27 bits per heavy atom. The predicted molar refractivity (Wildman–Crippen MR) is 88.0 cm³/mol.